The number of aryl methyl sites for hydroxylation is 2. The first kappa shape index (κ1) is 22.9. The Balaban J connectivity index is 1.45. The number of H-pyrrole nitrogens is 1. The minimum Gasteiger partial charge on any atom is -0.493 e. The van der Waals surface area contributed by atoms with Crippen LogP contribution in [0, 0.1) is 0 Å². The molecule has 3 rings (SSSR count). The molecule has 0 atom stereocenters. The van der Waals surface area contributed by atoms with Gasteiger partial charge in [0.2, 0.25) is 5.91 Å². The molecule has 0 aliphatic heterocycles. The molecule has 7 heteroatoms. The van der Waals surface area contributed by atoms with E-state index in [1.165, 1.54) is 5.56 Å². The lowest BCUT2D eigenvalue weighted by molar-refractivity contribution is -0.121. The van der Waals surface area contributed by atoms with Gasteiger partial charge in [0.25, 0.3) is 5.56 Å². The lowest BCUT2D eigenvalue weighted by Gasteiger charge is -2.07. The molecular formula is C25H28N4O3. The number of hydrogen-bond donors (Lipinski definition) is 2. The number of aromatic nitrogens is 3. The van der Waals surface area contributed by atoms with Crippen molar-refractivity contribution in [2.24, 2.45) is 0 Å². The largest absolute Gasteiger partial charge is 0.493 e. The molecule has 0 saturated heterocycles. The number of carbonyl (C=O) groups is 1. The first-order chi connectivity index (χ1) is 15.7. The molecule has 0 aliphatic carbocycles. The van der Waals surface area contributed by atoms with Crippen LogP contribution in [0.2, 0.25) is 0 Å². The molecule has 32 heavy (non-hydrogen) atoms. The van der Waals surface area contributed by atoms with Gasteiger partial charge in [-0.2, -0.15) is 0 Å². The highest BCUT2D eigenvalue weighted by Crippen LogP contribution is 2.18. The van der Waals surface area contributed by atoms with Gasteiger partial charge in [0.05, 0.1) is 6.61 Å². The van der Waals surface area contributed by atoms with E-state index in [1.54, 1.807) is 6.08 Å². The minimum absolute atomic E-state index is 0.101. The van der Waals surface area contributed by atoms with Gasteiger partial charge >= 0.3 is 0 Å². The molecule has 0 saturated carbocycles. The number of carbonyl (C=O) groups excluding carboxylic acids is 1. The third-order valence-electron chi connectivity index (χ3n) is 4.88. The van der Waals surface area contributed by atoms with E-state index in [4.69, 9.17) is 4.74 Å². The van der Waals surface area contributed by atoms with E-state index in [0.717, 1.165) is 30.6 Å². The Morgan fingerprint density at radius 3 is 2.56 bits per heavy atom. The maximum Gasteiger partial charge on any atom is 0.273 e. The van der Waals surface area contributed by atoms with E-state index < -0.39 is 0 Å². The van der Waals surface area contributed by atoms with E-state index in [2.05, 4.69) is 39.2 Å². The molecule has 0 unspecified atom stereocenters. The topological polar surface area (TPSA) is 97.0 Å². The Hall–Kier alpha value is -3.74. The average molecular weight is 433 g/mol. The highest BCUT2D eigenvalue weighted by Gasteiger charge is 2.09. The highest BCUT2D eigenvalue weighted by atomic mass is 16.5. The predicted molar refractivity (Wildman–Crippen MR) is 124 cm³/mol. The fourth-order valence-corrected chi connectivity index (χ4v) is 3.11. The fraction of sp³-hybridized carbons (Fsp3) is 0.280. The van der Waals surface area contributed by atoms with Gasteiger partial charge in [-0.15, -0.1) is 16.8 Å². The number of nitrogens with zero attached hydrogens (tertiary/aromatic N) is 2. The van der Waals surface area contributed by atoms with Crippen molar-refractivity contribution >= 4 is 5.91 Å². The molecule has 0 aliphatic rings. The van der Waals surface area contributed by atoms with Gasteiger partial charge in [0, 0.05) is 24.9 Å². The van der Waals surface area contributed by atoms with Crippen molar-refractivity contribution < 1.29 is 9.53 Å². The van der Waals surface area contributed by atoms with E-state index in [1.807, 2.05) is 42.5 Å². The van der Waals surface area contributed by atoms with Crippen LogP contribution >= 0.6 is 0 Å². The summed E-state index contributed by atoms with van der Waals surface area (Å²) in [6.07, 6.45) is 4.78. The van der Waals surface area contributed by atoms with Crippen molar-refractivity contribution in [3.8, 4) is 17.1 Å². The number of amides is 1. The van der Waals surface area contributed by atoms with E-state index in [0.29, 0.717) is 19.0 Å². The molecule has 0 radical (unpaired) electrons. The summed E-state index contributed by atoms with van der Waals surface area (Å²) in [5.74, 6) is 1.01. The Morgan fingerprint density at radius 1 is 1.06 bits per heavy atom. The summed E-state index contributed by atoms with van der Waals surface area (Å²) < 4.78 is 5.57. The molecule has 7 nitrogen and oxygen atoms in total. The molecule has 0 bridgehead atoms. The molecule has 1 heterocycles. The summed E-state index contributed by atoms with van der Waals surface area (Å²) in [4.78, 5) is 27.2. The Kier molecular flexibility index (Phi) is 8.74. The van der Waals surface area contributed by atoms with Crippen LogP contribution in [0.5, 0.6) is 5.75 Å². The summed E-state index contributed by atoms with van der Waals surface area (Å²) in [6.45, 7) is 4.82. The minimum atomic E-state index is -0.335. The monoisotopic (exact) mass is 432 g/mol. The Labute approximate surface area is 187 Å². The van der Waals surface area contributed by atoms with Crippen molar-refractivity contribution in [2.75, 3.05) is 13.2 Å². The maximum atomic E-state index is 12.4. The van der Waals surface area contributed by atoms with Gasteiger partial charge < -0.3 is 15.0 Å². The van der Waals surface area contributed by atoms with E-state index in [-0.39, 0.29) is 30.0 Å². The zero-order chi connectivity index (χ0) is 22.6. The van der Waals surface area contributed by atoms with Crippen LogP contribution in [0.4, 0.5) is 0 Å². The molecule has 1 amide bonds. The van der Waals surface area contributed by atoms with Crippen molar-refractivity contribution in [2.45, 2.75) is 32.1 Å². The standard InChI is InChI=1S/C25H28N4O3/c1-2-3-18-32-21-13-11-20(12-14-21)24-27-25(31)22(28-29-24)15-16-23(30)26-17-7-10-19-8-5-4-6-9-19/h2,4-6,8-9,11-14H,1,3,7,10,15-18H2,(H,26,30)(H,27,29,31). The van der Waals surface area contributed by atoms with Gasteiger partial charge in [-0.25, -0.2) is 0 Å². The second kappa shape index (κ2) is 12.2. The average Bonchev–Trinajstić information content (AvgIpc) is 2.82. The van der Waals surface area contributed by atoms with E-state index in [9.17, 15) is 9.59 Å². The van der Waals surface area contributed by atoms with Crippen LogP contribution in [-0.4, -0.2) is 34.2 Å². The number of aromatic amines is 1. The van der Waals surface area contributed by atoms with Crippen molar-refractivity contribution in [3.05, 3.63) is 88.9 Å². The molecule has 2 aromatic carbocycles. The summed E-state index contributed by atoms with van der Waals surface area (Å²) in [6, 6.07) is 17.4. The van der Waals surface area contributed by atoms with E-state index >= 15 is 0 Å². The SMILES string of the molecule is C=CCCOc1ccc(-c2nnc(CCC(=O)NCCCc3ccccc3)c(=O)[nH]2)cc1. The lowest BCUT2D eigenvalue weighted by Crippen LogP contribution is -2.26. The number of hydrogen-bond acceptors (Lipinski definition) is 5. The number of ether oxygens (including phenoxy) is 1. The van der Waals surface area contributed by atoms with Crippen LogP contribution in [0.3, 0.4) is 0 Å². The first-order valence-electron chi connectivity index (χ1n) is 10.8. The number of rotatable bonds is 12. The van der Waals surface area contributed by atoms with Gasteiger partial charge in [0.1, 0.15) is 11.4 Å². The summed E-state index contributed by atoms with van der Waals surface area (Å²) in [7, 11) is 0. The zero-order valence-electron chi connectivity index (χ0n) is 18.0. The molecule has 0 fully saturated rings. The predicted octanol–water partition coefficient (Wildman–Crippen LogP) is 3.47. The Bertz CT molecular complexity index is 1060. The summed E-state index contributed by atoms with van der Waals surface area (Å²) in [5, 5.41) is 11.0. The van der Waals surface area contributed by atoms with Crippen LogP contribution < -0.4 is 15.6 Å². The molecule has 0 spiro atoms. The molecule has 2 N–H and O–H groups in total. The van der Waals surface area contributed by atoms with Crippen LogP contribution in [0.1, 0.15) is 30.5 Å². The second-order valence-corrected chi connectivity index (χ2v) is 7.34. The highest BCUT2D eigenvalue weighted by molar-refractivity contribution is 5.76. The van der Waals surface area contributed by atoms with Crippen LogP contribution in [0.25, 0.3) is 11.4 Å². The van der Waals surface area contributed by atoms with Crippen LogP contribution in [-0.2, 0) is 17.6 Å². The molecular weight excluding hydrogens is 404 g/mol. The lowest BCUT2D eigenvalue weighted by atomic mass is 10.1. The summed E-state index contributed by atoms with van der Waals surface area (Å²) in [5.41, 5.74) is 1.89. The number of nitrogens with one attached hydrogen (secondary N) is 2. The molecule has 166 valence electrons. The van der Waals surface area contributed by atoms with Gasteiger partial charge in [-0.3, -0.25) is 9.59 Å². The smallest absolute Gasteiger partial charge is 0.273 e. The maximum absolute atomic E-state index is 12.4. The van der Waals surface area contributed by atoms with Crippen molar-refractivity contribution in [3.63, 3.8) is 0 Å². The normalized spacial score (nSPS) is 10.5. The second-order valence-electron chi connectivity index (χ2n) is 7.34. The quantitative estimate of drug-likeness (QED) is 0.337. The molecule has 1 aromatic heterocycles. The van der Waals surface area contributed by atoms with Gasteiger partial charge in [-0.05, 0) is 49.1 Å². The van der Waals surface area contributed by atoms with Gasteiger partial charge in [0.15, 0.2) is 5.82 Å². The third kappa shape index (κ3) is 7.19. The van der Waals surface area contributed by atoms with Crippen molar-refractivity contribution in [1.29, 1.82) is 0 Å². The first-order valence-corrected chi connectivity index (χ1v) is 10.8. The summed E-state index contributed by atoms with van der Waals surface area (Å²) >= 11 is 0. The fourth-order valence-electron chi connectivity index (χ4n) is 3.11. The Morgan fingerprint density at radius 2 is 1.84 bits per heavy atom. The third-order valence-corrected chi connectivity index (χ3v) is 4.88. The van der Waals surface area contributed by atoms with Crippen LogP contribution in [0.15, 0.2) is 72.0 Å². The van der Waals surface area contributed by atoms with Crippen molar-refractivity contribution in [1.82, 2.24) is 20.5 Å². The number of benzene rings is 2. The molecule has 3 aromatic rings. The van der Waals surface area contributed by atoms with Gasteiger partial charge in [-0.1, -0.05) is 36.4 Å². The zero-order valence-corrected chi connectivity index (χ0v) is 18.0.